The molecule has 13 heteroatoms. The molecule has 9 N–H and O–H groups in total. The van der Waals surface area contributed by atoms with Crippen LogP contribution in [0.15, 0.2) is 0 Å². The van der Waals surface area contributed by atoms with Crippen molar-refractivity contribution in [1.29, 1.82) is 0 Å². The van der Waals surface area contributed by atoms with Gasteiger partial charge in [0.1, 0.15) is 36.6 Å². The summed E-state index contributed by atoms with van der Waals surface area (Å²) in [5.74, 6) is -2.87. The van der Waals surface area contributed by atoms with Crippen LogP contribution in [0.2, 0.25) is 0 Å². The zero-order valence-electron chi connectivity index (χ0n) is 12.4. The Bertz CT molecular complexity index is 408. The molecule has 0 bridgehead atoms. The zero-order valence-corrected chi connectivity index (χ0v) is 12.4. The van der Waals surface area contributed by atoms with E-state index in [4.69, 9.17) is 20.4 Å². The number of hydrogen-bond donors (Lipinski definition) is 9. The number of ether oxygens (including phenoxy) is 1. The minimum absolute atomic E-state index is 0. The average molecular weight is 382 g/mol. The van der Waals surface area contributed by atoms with Gasteiger partial charge in [-0.15, -0.1) is 0 Å². The Morgan fingerprint density at radius 1 is 0.720 bits per heavy atom. The van der Waals surface area contributed by atoms with Crippen molar-refractivity contribution in [2.24, 2.45) is 0 Å². The van der Waals surface area contributed by atoms with E-state index in [2.05, 4.69) is 4.74 Å². The quantitative estimate of drug-likeness (QED) is 0.120. The number of aliphatic hydroxyl groups is 9. The molecule has 0 aliphatic carbocycles. The third-order valence-corrected chi connectivity index (χ3v) is 3.09. The Hall–Kier alpha value is -0.220. The molecule has 0 aliphatic rings. The number of hydrogen-bond acceptors (Lipinski definition) is 12. The van der Waals surface area contributed by atoms with Gasteiger partial charge in [-0.2, -0.15) is 0 Å². The summed E-state index contributed by atoms with van der Waals surface area (Å²) >= 11 is 0. The fraction of sp³-hybridized carbons (Fsp3) is 0.833. The Morgan fingerprint density at radius 2 is 1.16 bits per heavy atom. The van der Waals surface area contributed by atoms with E-state index in [1.165, 1.54) is 0 Å². The fourth-order valence-electron chi connectivity index (χ4n) is 1.48. The predicted molar refractivity (Wildman–Crippen MR) is 79.3 cm³/mol. The first kappa shape index (κ1) is 27.0. The SMILES string of the molecule is O=C(OCC(=O)[C@H](O)[C@@H](O)[C@H](O)CO)[C@H](O)[C@@H](O)[C@H](O)[C@H](O)CO.[NaH]. The summed E-state index contributed by atoms with van der Waals surface area (Å²) in [6.45, 7) is -3.06. The first-order chi connectivity index (χ1) is 11.1. The van der Waals surface area contributed by atoms with Crippen LogP contribution in [0.1, 0.15) is 0 Å². The number of Topliss-reactive ketones (excluding diaryl/α,β-unsaturated/α-hetero) is 1. The number of aliphatic hydroxyl groups excluding tert-OH is 9. The molecule has 0 heterocycles. The summed E-state index contributed by atoms with van der Waals surface area (Å²) in [6, 6.07) is 0. The fourth-order valence-corrected chi connectivity index (χ4v) is 1.48. The molecule has 25 heavy (non-hydrogen) atoms. The van der Waals surface area contributed by atoms with Gasteiger partial charge in [0.05, 0.1) is 13.2 Å². The van der Waals surface area contributed by atoms with Gasteiger partial charge in [-0.1, -0.05) is 0 Å². The molecular formula is C12H23NaO12. The van der Waals surface area contributed by atoms with Gasteiger partial charge in [-0.05, 0) is 0 Å². The summed E-state index contributed by atoms with van der Waals surface area (Å²) in [6.07, 6.45) is -14.6. The predicted octanol–water partition coefficient (Wildman–Crippen LogP) is -7.04. The third-order valence-electron chi connectivity index (χ3n) is 3.09. The van der Waals surface area contributed by atoms with Gasteiger partial charge in [0.15, 0.2) is 12.7 Å². The van der Waals surface area contributed by atoms with Crippen molar-refractivity contribution in [3.05, 3.63) is 0 Å². The minimum atomic E-state index is -2.38. The summed E-state index contributed by atoms with van der Waals surface area (Å²) in [5, 5.41) is 82.1. The molecule has 12 nitrogen and oxygen atoms in total. The molecule has 0 saturated carbocycles. The Balaban J connectivity index is 0. The van der Waals surface area contributed by atoms with Gasteiger partial charge in [0.2, 0.25) is 5.78 Å². The zero-order chi connectivity index (χ0) is 19.0. The van der Waals surface area contributed by atoms with E-state index < -0.39 is 74.3 Å². The second-order valence-electron chi connectivity index (χ2n) is 4.94. The van der Waals surface area contributed by atoms with E-state index in [9.17, 15) is 35.1 Å². The summed E-state index contributed by atoms with van der Waals surface area (Å²) in [4.78, 5) is 22.9. The van der Waals surface area contributed by atoms with E-state index in [0.717, 1.165) is 0 Å². The Labute approximate surface area is 164 Å². The van der Waals surface area contributed by atoms with E-state index in [0.29, 0.717) is 0 Å². The molecule has 7 atom stereocenters. The maximum absolute atomic E-state index is 11.4. The van der Waals surface area contributed by atoms with Crippen LogP contribution in [0, 0.1) is 0 Å². The van der Waals surface area contributed by atoms with Crippen LogP contribution in [0.25, 0.3) is 0 Å². The second kappa shape index (κ2) is 13.0. The van der Waals surface area contributed by atoms with Crippen molar-refractivity contribution < 1.29 is 60.3 Å². The first-order valence-corrected chi connectivity index (χ1v) is 6.75. The summed E-state index contributed by atoms with van der Waals surface area (Å²) in [7, 11) is 0. The van der Waals surface area contributed by atoms with Crippen LogP contribution in [0.4, 0.5) is 0 Å². The van der Waals surface area contributed by atoms with Crippen LogP contribution < -0.4 is 0 Å². The summed E-state index contributed by atoms with van der Waals surface area (Å²) < 4.78 is 4.27. The molecule has 0 saturated heterocycles. The number of esters is 1. The van der Waals surface area contributed by atoms with Crippen LogP contribution in [-0.2, 0) is 14.3 Å². The number of rotatable bonds is 11. The first-order valence-electron chi connectivity index (χ1n) is 6.75. The topological polar surface area (TPSA) is 225 Å². The van der Waals surface area contributed by atoms with E-state index >= 15 is 0 Å². The molecular weight excluding hydrogens is 359 g/mol. The van der Waals surface area contributed by atoms with Crippen molar-refractivity contribution in [3.63, 3.8) is 0 Å². The normalized spacial score (nSPS) is 19.6. The van der Waals surface area contributed by atoms with Crippen molar-refractivity contribution in [3.8, 4) is 0 Å². The third kappa shape index (κ3) is 8.34. The van der Waals surface area contributed by atoms with Gasteiger partial charge in [-0.25, -0.2) is 4.79 Å². The van der Waals surface area contributed by atoms with Gasteiger partial charge < -0.3 is 50.7 Å². The Kier molecular flexibility index (Phi) is 14.1. The number of carbonyl (C=O) groups is 2. The second-order valence-corrected chi connectivity index (χ2v) is 4.94. The van der Waals surface area contributed by atoms with Crippen LogP contribution in [0.3, 0.4) is 0 Å². The van der Waals surface area contributed by atoms with Crippen molar-refractivity contribution in [1.82, 2.24) is 0 Å². The molecule has 0 fully saturated rings. The van der Waals surface area contributed by atoms with E-state index in [-0.39, 0.29) is 29.6 Å². The molecule has 0 aromatic carbocycles. The van der Waals surface area contributed by atoms with Gasteiger partial charge in [0.25, 0.3) is 0 Å². The molecule has 144 valence electrons. The molecule has 0 radical (unpaired) electrons. The molecule has 0 aromatic heterocycles. The van der Waals surface area contributed by atoms with Crippen molar-refractivity contribution in [2.45, 2.75) is 42.7 Å². The van der Waals surface area contributed by atoms with Gasteiger partial charge in [-0.3, -0.25) is 4.79 Å². The Morgan fingerprint density at radius 3 is 1.60 bits per heavy atom. The van der Waals surface area contributed by atoms with Crippen molar-refractivity contribution >= 4 is 41.3 Å². The van der Waals surface area contributed by atoms with Crippen molar-refractivity contribution in [2.75, 3.05) is 19.8 Å². The standard InChI is InChI=1S/C12H22O12.Na.H/c13-1-4(15)7(18)9(20)6(17)3-24-12(23)11(22)10(21)8(19)5(16)2-14;;/h4-5,7-11,13-16,18-22H,1-3H2;;/t4-,5-,7+,8-,9+,10+,11-;;/m1../s1. The van der Waals surface area contributed by atoms with Crippen LogP contribution >= 0.6 is 0 Å². The molecule has 0 rings (SSSR count). The molecule has 0 amide bonds. The summed E-state index contributed by atoms with van der Waals surface area (Å²) in [5.41, 5.74) is 0. The van der Waals surface area contributed by atoms with Gasteiger partial charge >= 0.3 is 35.5 Å². The molecule has 0 spiro atoms. The monoisotopic (exact) mass is 382 g/mol. The molecule has 0 aromatic rings. The molecule has 0 unspecified atom stereocenters. The van der Waals surface area contributed by atoms with E-state index in [1.54, 1.807) is 0 Å². The van der Waals surface area contributed by atoms with Gasteiger partial charge in [0, 0.05) is 0 Å². The average Bonchev–Trinajstić information content (AvgIpc) is 2.60. The number of ketones is 1. The number of carbonyl (C=O) groups excluding carboxylic acids is 2. The maximum atomic E-state index is 11.4. The molecule has 0 aliphatic heterocycles. The van der Waals surface area contributed by atoms with Crippen LogP contribution in [-0.4, -0.2) is 150 Å². The van der Waals surface area contributed by atoms with Crippen LogP contribution in [0.5, 0.6) is 0 Å². The van der Waals surface area contributed by atoms with E-state index in [1.807, 2.05) is 0 Å².